The number of hydrogen-bond acceptors (Lipinski definition) is 2. The van der Waals surface area contributed by atoms with Crippen molar-refractivity contribution in [1.29, 1.82) is 0 Å². The summed E-state index contributed by atoms with van der Waals surface area (Å²) in [5, 5.41) is 3.55. The van der Waals surface area contributed by atoms with Crippen LogP contribution in [0.15, 0.2) is 28.5 Å². The van der Waals surface area contributed by atoms with Crippen molar-refractivity contribution in [3.63, 3.8) is 0 Å². The summed E-state index contributed by atoms with van der Waals surface area (Å²) in [6.07, 6.45) is 2.11. The van der Waals surface area contributed by atoms with Crippen LogP contribution in [0.5, 0.6) is 0 Å². The van der Waals surface area contributed by atoms with Gasteiger partial charge in [-0.2, -0.15) is 0 Å². The Hall–Kier alpha value is -0.470. The zero-order valence-corrected chi connectivity index (χ0v) is 8.47. The van der Waals surface area contributed by atoms with E-state index in [9.17, 15) is 0 Å². The van der Waals surface area contributed by atoms with Crippen LogP contribution in [0.3, 0.4) is 0 Å². The van der Waals surface area contributed by atoms with E-state index in [1.165, 1.54) is 15.0 Å². The predicted octanol–water partition coefficient (Wildman–Crippen LogP) is 3.81. The zero-order chi connectivity index (χ0) is 8.55. The van der Waals surface area contributed by atoms with Crippen LogP contribution in [0.1, 0.15) is 5.56 Å². The van der Waals surface area contributed by atoms with Crippen molar-refractivity contribution in [2.24, 2.45) is 0 Å². The minimum absolute atomic E-state index is 1.09. The van der Waals surface area contributed by atoms with Gasteiger partial charge in [0.05, 0.1) is 0 Å². The van der Waals surface area contributed by atoms with E-state index in [1.54, 1.807) is 23.1 Å². The molecule has 12 heavy (non-hydrogen) atoms. The lowest BCUT2D eigenvalue weighted by atomic mass is 10.2. The average molecular weight is 193 g/mol. The minimum Gasteiger partial charge on any atom is -0.143 e. The lowest BCUT2D eigenvalue weighted by molar-refractivity contribution is 1.62. The molecule has 0 bridgehead atoms. The zero-order valence-electron chi connectivity index (χ0n) is 6.83. The van der Waals surface area contributed by atoms with Gasteiger partial charge in [0.15, 0.2) is 0 Å². The van der Waals surface area contributed by atoms with Crippen molar-refractivity contribution in [1.82, 2.24) is 0 Å². The molecule has 1 heterocycles. The maximum absolute atomic E-state index is 3.92. The molecule has 0 unspecified atom stereocenters. The van der Waals surface area contributed by atoms with Crippen LogP contribution in [0.25, 0.3) is 10.1 Å². The van der Waals surface area contributed by atoms with Gasteiger partial charge < -0.3 is 0 Å². The van der Waals surface area contributed by atoms with E-state index >= 15 is 0 Å². The summed E-state index contributed by atoms with van der Waals surface area (Å²) < 4.78 is 1.35. The maximum Gasteiger partial charge on any atom is 0.0354 e. The third-order valence-electron chi connectivity index (χ3n) is 1.82. The second-order valence-electron chi connectivity index (χ2n) is 2.63. The van der Waals surface area contributed by atoms with E-state index in [0.717, 1.165) is 5.56 Å². The first kappa shape index (κ1) is 8.14. The lowest BCUT2D eigenvalue weighted by Gasteiger charge is -1.94. The molecule has 61 valence electrons. The molecule has 0 aliphatic heterocycles. The van der Waals surface area contributed by atoms with Gasteiger partial charge in [0, 0.05) is 20.4 Å². The van der Waals surface area contributed by atoms with Crippen molar-refractivity contribution >= 4 is 33.2 Å². The Labute approximate surface area is 80.6 Å². The molecule has 1 radical (unpaired) electrons. The molecule has 0 amide bonds. The fourth-order valence-electron chi connectivity index (χ4n) is 1.21. The molecule has 0 saturated carbocycles. The third kappa shape index (κ3) is 1.25. The molecule has 0 fully saturated rings. The molecule has 0 spiro atoms. The first-order valence-electron chi connectivity index (χ1n) is 3.68. The van der Waals surface area contributed by atoms with Crippen molar-refractivity contribution in [3.05, 3.63) is 36.1 Å². The van der Waals surface area contributed by atoms with E-state index in [-0.39, 0.29) is 0 Å². The summed E-state index contributed by atoms with van der Waals surface area (Å²) in [7, 11) is 0. The van der Waals surface area contributed by atoms with E-state index in [4.69, 9.17) is 0 Å². The fraction of sp³-hybridized carbons (Fsp3) is 0.100. The summed E-state index contributed by atoms with van der Waals surface area (Å²) in [6.45, 7) is 3.92. The Morgan fingerprint density at radius 3 is 3.00 bits per heavy atom. The average Bonchev–Trinajstić information content (AvgIpc) is 2.46. The van der Waals surface area contributed by atoms with E-state index < -0.39 is 0 Å². The van der Waals surface area contributed by atoms with Crippen LogP contribution in [-0.4, -0.2) is 6.26 Å². The smallest absolute Gasteiger partial charge is 0.0354 e. The van der Waals surface area contributed by atoms with Crippen molar-refractivity contribution in [3.8, 4) is 0 Å². The number of rotatable bonds is 1. The van der Waals surface area contributed by atoms with Crippen LogP contribution in [0.2, 0.25) is 0 Å². The molecule has 2 heteroatoms. The number of benzene rings is 1. The van der Waals surface area contributed by atoms with E-state index in [1.807, 2.05) is 0 Å². The summed E-state index contributed by atoms with van der Waals surface area (Å²) in [4.78, 5) is 1.36. The molecule has 1 aromatic carbocycles. The Bertz CT molecular complexity index is 401. The van der Waals surface area contributed by atoms with Crippen LogP contribution in [0, 0.1) is 6.92 Å². The predicted molar refractivity (Wildman–Crippen MR) is 58.1 cm³/mol. The highest BCUT2D eigenvalue weighted by molar-refractivity contribution is 7.99. The van der Waals surface area contributed by atoms with Gasteiger partial charge in [-0.25, -0.2) is 0 Å². The van der Waals surface area contributed by atoms with Gasteiger partial charge in [-0.3, -0.25) is 0 Å². The molecule has 0 aliphatic rings. The third-order valence-corrected chi connectivity index (χ3v) is 3.71. The highest BCUT2D eigenvalue weighted by Gasteiger charge is 2.01. The van der Waals surface area contributed by atoms with Gasteiger partial charge in [-0.1, -0.05) is 6.07 Å². The monoisotopic (exact) mass is 193 g/mol. The van der Waals surface area contributed by atoms with Gasteiger partial charge >= 0.3 is 0 Å². The van der Waals surface area contributed by atoms with Crippen LogP contribution in [0.4, 0.5) is 0 Å². The molecule has 0 saturated heterocycles. The Morgan fingerprint density at radius 1 is 1.42 bits per heavy atom. The summed E-state index contributed by atoms with van der Waals surface area (Å²) >= 11 is 3.59. The molecule has 0 atom stereocenters. The SMILES string of the molecule is [CH2]c1ccc2scc(SC)c2c1. The minimum atomic E-state index is 1.09. The molecule has 0 aliphatic carbocycles. The van der Waals surface area contributed by atoms with Crippen LogP contribution < -0.4 is 0 Å². The molecule has 0 N–H and O–H groups in total. The topological polar surface area (TPSA) is 0 Å². The van der Waals surface area contributed by atoms with Crippen molar-refractivity contribution < 1.29 is 0 Å². The lowest BCUT2D eigenvalue weighted by Crippen LogP contribution is -1.70. The molecular formula is C10H9S2. The van der Waals surface area contributed by atoms with E-state index in [0.29, 0.717) is 0 Å². The summed E-state index contributed by atoms with van der Waals surface area (Å²) in [5.74, 6) is 0. The van der Waals surface area contributed by atoms with Gasteiger partial charge in [0.25, 0.3) is 0 Å². The standard InChI is InChI=1S/C10H9S2/c1-7-3-4-9-8(5-7)10(11-2)6-12-9/h3-6H,1H2,2H3. The maximum atomic E-state index is 3.92. The second kappa shape index (κ2) is 3.11. The van der Waals surface area contributed by atoms with Gasteiger partial charge in [-0.05, 0) is 30.9 Å². The quantitative estimate of drug-likeness (QED) is 0.621. The second-order valence-corrected chi connectivity index (χ2v) is 4.39. The van der Waals surface area contributed by atoms with Crippen molar-refractivity contribution in [2.75, 3.05) is 6.26 Å². The molecule has 0 nitrogen and oxygen atoms in total. The van der Waals surface area contributed by atoms with E-state index in [2.05, 4.69) is 36.8 Å². The Morgan fingerprint density at radius 2 is 2.25 bits per heavy atom. The first-order chi connectivity index (χ1) is 5.81. The molecule has 2 aromatic rings. The van der Waals surface area contributed by atoms with Gasteiger partial charge in [-0.15, -0.1) is 23.1 Å². The Kier molecular flexibility index (Phi) is 2.11. The van der Waals surface area contributed by atoms with Gasteiger partial charge in [0.2, 0.25) is 0 Å². The highest BCUT2D eigenvalue weighted by atomic mass is 32.2. The largest absolute Gasteiger partial charge is 0.143 e. The molecular weight excluding hydrogens is 184 g/mol. The number of fused-ring (bicyclic) bond motifs is 1. The number of thioether (sulfide) groups is 1. The summed E-state index contributed by atoms with van der Waals surface area (Å²) in [5.41, 5.74) is 1.09. The highest BCUT2D eigenvalue weighted by Crippen LogP contribution is 2.32. The fourth-order valence-corrected chi connectivity index (χ4v) is 3.00. The van der Waals surface area contributed by atoms with Crippen LogP contribution in [-0.2, 0) is 0 Å². The molecule has 2 rings (SSSR count). The first-order valence-corrected chi connectivity index (χ1v) is 5.79. The molecule has 1 aromatic heterocycles. The summed E-state index contributed by atoms with van der Waals surface area (Å²) in [6, 6.07) is 6.35. The number of thiophene rings is 1. The van der Waals surface area contributed by atoms with Crippen molar-refractivity contribution in [2.45, 2.75) is 4.90 Å². The normalized spacial score (nSPS) is 10.8. The van der Waals surface area contributed by atoms with Gasteiger partial charge in [0.1, 0.15) is 0 Å². The number of hydrogen-bond donors (Lipinski definition) is 0. The van der Waals surface area contributed by atoms with Crippen LogP contribution >= 0.6 is 23.1 Å². The Balaban J connectivity index is 2.75.